The molecule has 1 atom stereocenters. The zero-order valence-corrected chi connectivity index (χ0v) is 19.5. The highest BCUT2D eigenvalue weighted by Gasteiger charge is 2.23. The second-order valence-electron chi connectivity index (χ2n) is 7.17. The van der Waals surface area contributed by atoms with Gasteiger partial charge in [-0.05, 0) is 45.9 Å². The Bertz CT molecular complexity index is 985. The molecular weight excluding hydrogens is 416 g/mol. The standard InChI is InChI=1S/C23H30N2O7/c1-8-25-13(2)9-17(15(25)4)18(26)12-32-23(28)14(3)24-22(27)16-10-19(29-5)21(31-7)20(11-16)30-6/h9-11,14H,8,12H2,1-7H3,(H,24,27)/t14-/m1/s1. The Hall–Kier alpha value is -3.49. The van der Waals surface area contributed by atoms with Crippen LogP contribution >= 0.6 is 0 Å². The summed E-state index contributed by atoms with van der Waals surface area (Å²) >= 11 is 0. The zero-order chi connectivity index (χ0) is 24.0. The van der Waals surface area contributed by atoms with Gasteiger partial charge in [-0.1, -0.05) is 0 Å². The first-order valence-corrected chi connectivity index (χ1v) is 10.2. The van der Waals surface area contributed by atoms with E-state index in [-0.39, 0.29) is 11.3 Å². The van der Waals surface area contributed by atoms with Gasteiger partial charge in [0.1, 0.15) is 6.04 Å². The van der Waals surface area contributed by atoms with Crippen LogP contribution in [0.4, 0.5) is 0 Å². The number of carbonyl (C=O) groups is 3. The van der Waals surface area contributed by atoms with Gasteiger partial charge in [-0.2, -0.15) is 0 Å². The van der Waals surface area contributed by atoms with Gasteiger partial charge in [-0.25, -0.2) is 4.79 Å². The lowest BCUT2D eigenvalue weighted by atomic mass is 10.1. The van der Waals surface area contributed by atoms with E-state index in [1.807, 2.05) is 25.3 Å². The number of amides is 1. The Kier molecular flexibility index (Phi) is 8.28. The average Bonchev–Trinajstić information content (AvgIpc) is 3.08. The summed E-state index contributed by atoms with van der Waals surface area (Å²) in [5.41, 5.74) is 2.52. The molecule has 32 heavy (non-hydrogen) atoms. The summed E-state index contributed by atoms with van der Waals surface area (Å²) in [6, 6.07) is 3.76. The minimum atomic E-state index is -0.975. The summed E-state index contributed by atoms with van der Waals surface area (Å²) in [4.78, 5) is 37.5. The van der Waals surface area contributed by atoms with Crippen molar-refractivity contribution in [2.45, 2.75) is 40.3 Å². The Labute approximate surface area is 187 Å². The predicted octanol–water partition coefficient (Wildman–Crippen LogP) is 2.70. The molecule has 9 nitrogen and oxygen atoms in total. The monoisotopic (exact) mass is 446 g/mol. The van der Waals surface area contributed by atoms with E-state index in [2.05, 4.69) is 5.32 Å². The van der Waals surface area contributed by atoms with Gasteiger partial charge in [-0.3, -0.25) is 9.59 Å². The molecule has 0 unspecified atom stereocenters. The van der Waals surface area contributed by atoms with Crippen LogP contribution in [0.2, 0.25) is 0 Å². The molecule has 1 aromatic carbocycles. The highest BCUT2D eigenvalue weighted by molar-refractivity contribution is 6.00. The van der Waals surface area contributed by atoms with Crippen molar-refractivity contribution in [1.82, 2.24) is 9.88 Å². The molecule has 2 aromatic rings. The number of hydrogen-bond donors (Lipinski definition) is 1. The quantitative estimate of drug-likeness (QED) is 0.442. The number of hydrogen-bond acceptors (Lipinski definition) is 7. The third-order valence-electron chi connectivity index (χ3n) is 5.16. The van der Waals surface area contributed by atoms with Crippen LogP contribution in [-0.2, 0) is 16.1 Å². The number of ketones is 1. The molecule has 9 heteroatoms. The molecule has 0 spiro atoms. The van der Waals surface area contributed by atoms with Crippen molar-refractivity contribution in [3.63, 3.8) is 0 Å². The van der Waals surface area contributed by atoms with Crippen molar-refractivity contribution in [2.75, 3.05) is 27.9 Å². The van der Waals surface area contributed by atoms with Crippen molar-refractivity contribution in [3.05, 3.63) is 40.7 Å². The summed E-state index contributed by atoms with van der Waals surface area (Å²) < 4.78 is 22.9. The van der Waals surface area contributed by atoms with Crippen LogP contribution in [-0.4, -0.2) is 56.2 Å². The number of Topliss-reactive ketones (excluding diaryl/α,β-unsaturated/α-hetero) is 1. The first kappa shape index (κ1) is 24.8. The number of benzene rings is 1. The van der Waals surface area contributed by atoms with E-state index in [1.54, 1.807) is 6.07 Å². The summed E-state index contributed by atoms with van der Waals surface area (Å²) in [5, 5.41) is 2.55. The lowest BCUT2D eigenvalue weighted by molar-refractivity contribution is -0.144. The predicted molar refractivity (Wildman–Crippen MR) is 118 cm³/mol. The normalized spacial score (nSPS) is 11.5. The van der Waals surface area contributed by atoms with Crippen molar-refractivity contribution in [1.29, 1.82) is 0 Å². The van der Waals surface area contributed by atoms with Crippen LogP contribution in [0.25, 0.3) is 0 Å². The molecule has 1 heterocycles. The van der Waals surface area contributed by atoms with E-state index >= 15 is 0 Å². The molecule has 0 bridgehead atoms. The molecule has 1 aromatic heterocycles. The molecule has 0 aliphatic rings. The van der Waals surface area contributed by atoms with E-state index in [4.69, 9.17) is 18.9 Å². The van der Waals surface area contributed by atoms with Gasteiger partial charge in [0.25, 0.3) is 5.91 Å². The Morgan fingerprint density at radius 3 is 2.06 bits per heavy atom. The number of esters is 1. The Balaban J connectivity index is 2.03. The fourth-order valence-electron chi connectivity index (χ4n) is 3.46. The van der Waals surface area contributed by atoms with Crippen LogP contribution in [0.1, 0.15) is 46.0 Å². The zero-order valence-electron chi connectivity index (χ0n) is 19.5. The largest absolute Gasteiger partial charge is 0.493 e. The van der Waals surface area contributed by atoms with E-state index in [0.717, 1.165) is 17.9 Å². The smallest absolute Gasteiger partial charge is 0.328 e. The number of ether oxygens (including phenoxy) is 4. The van der Waals surface area contributed by atoms with Gasteiger partial charge in [0.2, 0.25) is 11.5 Å². The van der Waals surface area contributed by atoms with Gasteiger partial charge in [0, 0.05) is 29.1 Å². The van der Waals surface area contributed by atoms with Crippen LogP contribution in [0.5, 0.6) is 17.2 Å². The van der Waals surface area contributed by atoms with E-state index in [1.165, 1.54) is 40.4 Å². The van der Waals surface area contributed by atoms with E-state index in [0.29, 0.717) is 22.8 Å². The molecule has 0 saturated carbocycles. The number of methoxy groups -OCH3 is 3. The summed E-state index contributed by atoms with van der Waals surface area (Å²) in [7, 11) is 4.33. The van der Waals surface area contributed by atoms with Crippen LogP contribution in [0.15, 0.2) is 18.2 Å². The van der Waals surface area contributed by atoms with Crippen molar-refractivity contribution < 1.29 is 33.3 Å². The van der Waals surface area contributed by atoms with Crippen molar-refractivity contribution in [3.8, 4) is 17.2 Å². The van der Waals surface area contributed by atoms with Crippen LogP contribution in [0.3, 0.4) is 0 Å². The second-order valence-corrected chi connectivity index (χ2v) is 7.17. The summed E-state index contributed by atoms with van der Waals surface area (Å²) in [6.45, 7) is 7.58. The summed E-state index contributed by atoms with van der Waals surface area (Å²) in [6.07, 6.45) is 0. The molecule has 0 fully saturated rings. The van der Waals surface area contributed by atoms with Crippen LogP contribution < -0.4 is 19.5 Å². The molecule has 174 valence electrons. The fourth-order valence-corrected chi connectivity index (χ4v) is 3.46. The average molecular weight is 447 g/mol. The molecule has 1 amide bonds. The topological polar surface area (TPSA) is 105 Å². The van der Waals surface area contributed by atoms with Gasteiger partial charge in [0.05, 0.1) is 21.3 Å². The minimum Gasteiger partial charge on any atom is -0.493 e. The first-order chi connectivity index (χ1) is 15.2. The molecular formula is C23H30N2O7. The second kappa shape index (κ2) is 10.7. The maximum absolute atomic E-state index is 12.6. The summed E-state index contributed by atoms with van der Waals surface area (Å²) in [5.74, 6) is -0.589. The lowest BCUT2D eigenvalue weighted by Gasteiger charge is -2.16. The highest BCUT2D eigenvalue weighted by atomic mass is 16.5. The number of rotatable bonds is 10. The Morgan fingerprint density at radius 2 is 1.59 bits per heavy atom. The lowest BCUT2D eigenvalue weighted by Crippen LogP contribution is -2.40. The molecule has 0 radical (unpaired) electrons. The molecule has 2 rings (SSSR count). The number of carbonyl (C=O) groups excluding carboxylic acids is 3. The number of aryl methyl sites for hydroxylation is 1. The molecule has 0 saturated heterocycles. The molecule has 0 aliphatic heterocycles. The van der Waals surface area contributed by atoms with E-state index in [9.17, 15) is 14.4 Å². The van der Waals surface area contributed by atoms with Crippen molar-refractivity contribution >= 4 is 17.7 Å². The first-order valence-electron chi connectivity index (χ1n) is 10.2. The fraction of sp³-hybridized carbons (Fsp3) is 0.435. The molecule has 1 N–H and O–H groups in total. The van der Waals surface area contributed by atoms with Gasteiger partial charge < -0.3 is 28.8 Å². The van der Waals surface area contributed by atoms with Gasteiger partial charge >= 0.3 is 5.97 Å². The number of aromatic nitrogens is 1. The van der Waals surface area contributed by atoms with Gasteiger partial charge in [-0.15, -0.1) is 0 Å². The SMILES string of the molecule is CCn1c(C)cc(C(=O)COC(=O)[C@@H](C)NC(=O)c2cc(OC)c(OC)c(OC)c2)c1C. The third kappa shape index (κ3) is 5.22. The maximum Gasteiger partial charge on any atom is 0.328 e. The minimum absolute atomic E-state index is 0.210. The number of nitrogens with one attached hydrogen (secondary N) is 1. The number of nitrogens with zero attached hydrogens (tertiary/aromatic N) is 1. The highest BCUT2D eigenvalue weighted by Crippen LogP contribution is 2.38. The van der Waals surface area contributed by atoms with Gasteiger partial charge in [0.15, 0.2) is 18.1 Å². The van der Waals surface area contributed by atoms with Crippen LogP contribution in [0, 0.1) is 13.8 Å². The maximum atomic E-state index is 12.6. The van der Waals surface area contributed by atoms with E-state index < -0.39 is 24.5 Å². The third-order valence-corrected chi connectivity index (χ3v) is 5.16. The molecule has 0 aliphatic carbocycles. The Morgan fingerprint density at radius 1 is 1.00 bits per heavy atom. The van der Waals surface area contributed by atoms with Crippen molar-refractivity contribution in [2.24, 2.45) is 0 Å².